The standard InChI is InChI=1S/C23H16ClFN2O2/c1-27-19-13-7-4-10-16(19)21(28)20(15-9-3-6-12-18(15)25)22(27)26-23(29)14-8-2-5-11-17(14)24/h2-13H,1H3,(H,26,29). The number of pyridine rings is 1. The van der Waals surface area contributed by atoms with Crippen molar-refractivity contribution in [2.75, 3.05) is 5.32 Å². The molecule has 0 aliphatic heterocycles. The topological polar surface area (TPSA) is 51.1 Å². The molecule has 6 heteroatoms. The van der Waals surface area contributed by atoms with Gasteiger partial charge in [-0.3, -0.25) is 9.59 Å². The molecule has 0 saturated carbocycles. The molecule has 3 aromatic carbocycles. The number of amides is 1. The molecule has 0 atom stereocenters. The summed E-state index contributed by atoms with van der Waals surface area (Å²) in [6, 6.07) is 19.6. The largest absolute Gasteiger partial charge is 0.330 e. The molecule has 0 spiro atoms. The number of benzene rings is 3. The molecule has 1 heterocycles. The number of halogens is 2. The number of fused-ring (bicyclic) bond motifs is 1. The normalized spacial score (nSPS) is 10.9. The average Bonchev–Trinajstić information content (AvgIpc) is 2.73. The van der Waals surface area contributed by atoms with E-state index in [0.717, 1.165) is 0 Å². The van der Waals surface area contributed by atoms with Crippen LogP contribution >= 0.6 is 11.6 Å². The number of para-hydroxylation sites is 1. The third kappa shape index (κ3) is 3.30. The molecule has 0 unspecified atom stereocenters. The maximum atomic E-state index is 14.6. The second-order valence-corrected chi connectivity index (χ2v) is 6.95. The molecular weight excluding hydrogens is 391 g/mol. The molecular formula is C23H16ClFN2O2. The van der Waals surface area contributed by atoms with Crippen LogP contribution in [0.2, 0.25) is 5.02 Å². The number of rotatable bonds is 3. The van der Waals surface area contributed by atoms with Gasteiger partial charge in [0.25, 0.3) is 5.91 Å². The monoisotopic (exact) mass is 406 g/mol. The molecule has 144 valence electrons. The van der Waals surface area contributed by atoms with Crippen molar-refractivity contribution >= 4 is 34.2 Å². The van der Waals surface area contributed by atoms with Crippen molar-refractivity contribution in [1.82, 2.24) is 4.57 Å². The smallest absolute Gasteiger partial charge is 0.258 e. The summed E-state index contributed by atoms with van der Waals surface area (Å²) in [7, 11) is 1.72. The fraction of sp³-hybridized carbons (Fsp3) is 0.0435. The Bertz CT molecular complexity index is 1310. The number of anilines is 1. The molecule has 0 aliphatic rings. The fourth-order valence-electron chi connectivity index (χ4n) is 3.37. The van der Waals surface area contributed by atoms with E-state index in [9.17, 15) is 14.0 Å². The highest BCUT2D eigenvalue weighted by Gasteiger charge is 2.21. The Morgan fingerprint density at radius 3 is 2.38 bits per heavy atom. The van der Waals surface area contributed by atoms with E-state index in [-0.39, 0.29) is 33.0 Å². The number of aryl methyl sites for hydroxylation is 1. The van der Waals surface area contributed by atoms with E-state index in [0.29, 0.717) is 10.9 Å². The van der Waals surface area contributed by atoms with Crippen molar-refractivity contribution in [3.63, 3.8) is 0 Å². The Hall–Kier alpha value is -3.44. The molecule has 1 amide bonds. The second kappa shape index (κ2) is 7.53. The summed E-state index contributed by atoms with van der Waals surface area (Å²) in [4.78, 5) is 26.2. The quantitative estimate of drug-likeness (QED) is 0.505. The van der Waals surface area contributed by atoms with E-state index in [1.165, 1.54) is 12.1 Å². The third-order valence-corrected chi connectivity index (χ3v) is 5.13. The van der Waals surface area contributed by atoms with Crippen molar-refractivity contribution in [3.05, 3.63) is 99.4 Å². The third-order valence-electron chi connectivity index (χ3n) is 4.80. The lowest BCUT2D eigenvalue weighted by Crippen LogP contribution is -2.22. The Kier molecular flexibility index (Phi) is 4.91. The van der Waals surface area contributed by atoms with E-state index in [1.54, 1.807) is 72.3 Å². The molecule has 0 saturated heterocycles. The molecule has 0 bridgehead atoms. The van der Waals surface area contributed by atoms with Gasteiger partial charge in [-0.15, -0.1) is 0 Å². The number of nitrogens with zero attached hydrogens (tertiary/aromatic N) is 1. The van der Waals surface area contributed by atoms with E-state index < -0.39 is 11.7 Å². The summed E-state index contributed by atoms with van der Waals surface area (Å²) in [6.45, 7) is 0. The van der Waals surface area contributed by atoms with Gasteiger partial charge in [-0.25, -0.2) is 4.39 Å². The highest BCUT2D eigenvalue weighted by molar-refractivity contribution is 6.34. The second-order valence-electron chi connectivity index (χ2n) is 6.54. The van der Waals surface area contributed by atoms with Crippen molar-refractivity contribution < 1.29 is 9.18 Å². The van der Waals surface area contributed by atoms with E-state index >= 15 is 0 Å². The number of carbonyl (C=O) groups excluding carboxylic acids is 1. The van der Waals surface area contributed by atoms with Crippen LogP contribution in [0.5, 0.6) is 0 Å². The first-order chi connectivity index (χ1) is 14.0. The molecule has 29 heavy (non-hydrogen) atoms. The number of carbonyl (C=O) groups is 1. The lowest BCUT2D eigenvalue weighted by molar-refractivity contribution is 0.102. The lowest BCUT2D eigenvalue weighted by atomic mass is 10.0. The number of hydrogen-bond acceptors (Lipinski definition) is 2. The molecule has 4 aromatic rings. The van der Waals surface area contributed by atoms with Gasteiger partial charge in [0.15, 0.2) is 5.43 Å². The van der Waals surface area contributed by atoms with E-state index in [2.05, 4.69) is 5.32 Å². The predicted molar refractivity (Wildman–Crippen MR) is 114 cm³/mol. The maximum absolute atomic E-state index is 14.6. The highest BCUT2D eigenvalue weighted by atomic mass is 35.5. The van der Waals surface area contributed by atoms with Crippen LogP contribution in [0.3, 0.4) is 0 Å². The Morgan fingerprint density at radius 1 is 0.966 bits per heavy atom. The maximum Gasteiger partial charge on any atom is 0.258 e. The minimum Gasteiger partial charge on any atom is -0.330 e. The van der Waals surface area contributed by atoms with Gasteiger partial charge in [-0.05, 0) is 30.3 Å². The van der Waals surface area contributed by atoms with Crippen LogP contribution in [-0.2, 0) is 7.05 Å². The van der Waals surface area contributed by atoms with Crippen LogP contribution in [0.15, 0.2) is 77.6 Å². The number of nitrogens with one attached hydrogen (secondary N) is 1. The van der Waals surface area contributed by atoms with Crippen molar-refractivity contribution in [3.8, 4) is 11.1 Å². The minimum absolute atomic E-state index is 0.0877. The minimum atomic E-state index is -0.548. The van der Waals surface area contributed by atoms with Gasteiger partial charge in [0.2, 0.25) is 0 Å². The Balaban J connectivity index is 2.00. The SMILES string of the molecule is Cn1c(NC(=O)c2ccccc2Cl)c(-c2ccccc2F)c(=O)c2ccccc21. The summed E-state index contributed by atoms with van der Waals surface area (Å²) in [5, 5.41) is 3.48. The van der Waals surface area contributed by atoms with Crippen LogP contribution in [0.25, 0.3) is 22.0 Å². The zero-order valence-corrected chi connectivity index (χ0v) is 16.2. The van der Waals surface area contributed by atoms with Gasteiger partial charge >= 0.3 is 0 Å². The van der Waals surface area contributed by atoms with Gasteiger partial charge in [-0.2, -0.15) is 0 Å². The van der Waals surface area contributed by atoms with Crippen LogP contribution in [0.4, 0.5) is 10.2 Å². The van der Waals surface area contributed by atoms with Crippen LogP contribution < -0.4 is 10.7 Å². The lowest BCUT2D eigenvalue weighted by Gasteiger charge is -2.18. The van der Waals surface area contributed by atoms with Crippen LogP contribution in [0.1, 0.15) is 10.4 Å². The van der Waals surface area contributed by atoms with E-state index in [4.69, 9.17) is 11.6 Å². The molecule has 4 nitrogen and oxygen atoms in total. The van der Waals surface area contributed by atoms with Crippen molar-refractivity contribution in [2.45, 2.75) is 0 Å². The number of hydrogen-bond donors (Lipinski definition) is 1. The van der Waals surface area contributed by atoms with Gasteiger partial charge < -0.3 is 9.88 Å². The predicted octanol–water partition coefficient (Wildman–Crippen LogP) is 5.25. The molecule has 4 rings (SSSR count). The van der Waals surface area contributed by atoms with Crippen molar-refractivity contribution in [2.24, 2.45) is 7.05 Å². The summed E-state index contributed by atoms with van der Waals surface area (Å²) in [6.07, 6.45) is 0. The van der Waals surface area contributed by atoms with Crippen molar-refractivity contribution in [1.29, 1.82) is 0 Å². The van der Waals surface area contributed by atoms with Crippen LogP contribution in [0, 0.1) is 5.82 Å². The molecule has 1 aromatic heterocycles. The Labute approximate surface area is 171 Å². The summed E-state index contributed by atoms with van der Waals surface area (Å²) >= 11 is 6.14. The van der Waals surface area contributed by atoms with Crippen LogP contribution in [-0.4, -0.2) is 10.5 Å². The molecule has 0 aliphatic carbocycles. The van der Waals surface area contributed by atoms with E-state index in [1.807, 2.05) is 0 Å². The van der Waals surface area contributed by atoms with Gasteiger partial charge in [0.1, 0.15) is 11.6 Å². The summed E-state index contributed by atoms with van der Waals surface area (Å²) in [5.41, 5.74) is 0.720. The number of aromatic nitrogens is 1. The first-order valence-electron chi connectivity index (χ1n) is 8.91. The highest BCUT2D eigenvalue weighted by Crippen LogP contribution is 2.30. The fourth-order valence-corrected chi connectivity index (χ4v) is 3.59. The van der Waals surface area contributed by atoms with Gasteiger partial charge in [0, 0.05) is 18.0 Å². The zero-order chi connectivity index (χ0) is 20.5. The Morgan fingerprint density at radius 2 is 1.62 bits per heavy atom. The first kappa shape index (κ1) is 18.9. The zero-order valence-electron chi connectivity index (χ0n) is 15.4. The van der Waals surface area contributed by atoms with Gasteiger partial charge in [0.05, 0.1) is 21.7 Å². The molecule has 0 fully saturated rings. The summed E-state index contributed by atoms with van der Waals surface area (Å²) < 4.78 is 16.3. The molecule has 1 N–H and O–H groups in total. The van der Waals surface area contributed by atoms with Gasteiger partial charge in [-0.1, -0.05) is 54.1 Å². The first-order valence-corrected chi connectivity index (χ1v) is 9.29. The average molecular weight is 407 g/mol. The summed E-state index contributed by atoms with van der Waals surface area (Å²) in [5.74, 6) is -0.838. The molecule has 0 radical (unpaired) electrons.